The molecule has 0 radical (unpaired) electrons. The fourth-order valence-electron chi connectivity index (χ4n) is 2.23. The SMILES string of the molecule is NCCN1CCOCCOCCN(CCN)CCOCC1. The molecule has 0 saturated carbocycles. The van der Waals surface area contributed by atoms with E-state index in [0.717, 1.165) is 52.5 Å². The maximum atomic E-state index is 5.72. The number of ether oxygens (including phenoxy) is 3. The smallest absolute Gasteiger partial charge is 0.0701 e. The monoisotopic (exact) mass is 304 g/mol. The summed E-state index contributed by atoms with van der Waals surface area (Å²) in [4.78, 5) is 4.55. The largest absolute Gasteiger partial charge is 0.379 e. The second-order valence-corrected chi connectivity index (χ2v) is 5.10. The lowest BCUT2D eigenvalue weighted by molar-refractivity contribution is 0.0328. The van der Waals surface area contributed by atoms with E-state index in [1.807, 2.05) is 0 Å². The predicted molar refractivity (Wildman–Crippen MR) is 83.4 cm³/mol. The lowest BCUT2D eigenvalue weighted by atomic mass is 10.4. The molecule has 0 aromatic heterocycles. The number of hydrogen-bond acceptors (Lipinski definition) is 7. The zero-order chi connectivity index (χ0) is 15.2. The van der Waals surface area contributed by atoms with E-state index in [9.17, 15) is 0 Å². The molecular weight excluding hydrogens is 272 g/mol. The highest BCUT2D eigenvalue weighted by atomic mass is 16.5. The van der Waals surface area contributed by atoms with Crippen LogP contribution in [0.2, 0.25) is 0 Å². The molecule has 0 atom stereocenters. The van der Waals surface area contributed by atoms with E-state index in [-0.39, 0.29) is 0 Å². The molecule has 0 spiro atoms. The van der Waals surface area contributed by atoms with E-state index in [2.05, 4.69) is 9.80 Å². The molecule has 7 nitrogen and oxygen atoms in total. The molecule has 1 heterocycles. The summed E-state index contributed by atoms with van der Waals surface area (Å²) < 4.78 is 16.9. The Hall–Kier alpha value is -0.280. The molecule has 0 unspecified atom stereocenters. The third-order valence-electron chi connectivity index (χ3n) is 3.47. The van der Waals surface area contributed by atoms with Crippen molar-refractivity contribution in [1.82, 2.24) is 9.80 Å². The average Bonchev–Trinajstić information content (AvgIpc) is 2.49. The summed E-state index contributed by atoms with van der Waals surface area (Å²) in [5.74, 6) is 0. The molecule has 7 heteroatoms. The molecule has 0 aromatic carbocycles. The first-order chi connectivity index (χ1) is 10.4. The van der Waals surface area contributed by atoms with Gasteiger partial charge >= 0.3 is 0 Å². The van der Waals surface area contributed by atoms with Crippen LogP contribution in [0.15, 0.2) is 0 Å². The third kappa shape index (κ3) is 10.1. The summed E-state index contributed by atoms with van der Waals surface area (Å²) in [5, 5.41) is 0. The fraction of sp³-hybridized carbons (Fsp3) is 1.00. The standard InChI is InChI=1S/C14H32N4O3/c15-1-3-17-5-9-19-10-6-18(4-2-16)8-12-21-14-13-20-11-7-17/h1-16H2. The van der Waals surface area contributed by atoms with Gasteiger partial charge < -0.3 is 25.7 Å². The van der Waals surface area contributed by atoms with Crippen molar-refractivity contribution in [3.8, 4) is 0 Å². The van der Waals surface area contributed by atoms with E-state index < -0.39 is 0 Å². The molecule has 4 N–H and O–H groups in total. The van der Waals surface area contributed by atoms with Crippen molar-refractivity contribution in [1.29, 1.82) is 0 Å². The predicted octanol–water partition coefficient (Wildman–Crippen LogP) is -1.43. The first-order valence-electron chi connectivity index (χ1n) is 7.95. The van der Waals surface area contributed by atoms with Crippen LogP contribution in [0.3, 0.4) is 0 Å². The van der Waals surface area contributed by atoms with Crippen LogP contribution in [0.25, 0.3) is 0 Å². The summed E-state index contributed by atoms with van der Waals surface area (Å²) in [6.45, 7) is 10.8. The molecule has 1 aliphatic heterocycles. The Morgan fingerprint density at radius 2 is 0.905 bits per heavy atom. The Morgan fingerprint density at radius 1 is 0.571 bits per heavy atom. The van der Waals surface area contributed by atoms with Crippen LogP contribution < -0.4 is 11.5 Å². The molecule has 1 aliphatic rings. The Balaban J connectivity index is 2.33. The highest BCUT2D eigenvalue weighted by molar-refractivity contribution is 4.60. The molecule has 0 aromatic rings. The van der Waals surface area contributed by atoms with Gasteiger partial charge in [-0.1, -0.05) is 0 Å². The summed E-state index contributed by atoms with van der Waals surface area (Å²) >= 11 is 0. The lowest BCUT2D eigenvalue weighted by Crippen LogP contribution is -2.36. The zero-order valence-corrected chi connectivity index (χ0v) is 13.2. The Kier molecular flexibility index (Phi) is 12.0. The molecule has 0 bridgehead atoms. The average molecular weight is 304 g/mol. The van der Waals surface area contributed by atoms with Gasteiger partial charge in [-0.3, -0.25) is 9.80 Å². The summed E-state index contributed by atoms with van der Waals surface area (Å²) in [7, 11) is 0. The van der Waals surface area contributed by atoms with Crippen LogP contribution >= 0.6 is 0 Å². The topological polar surface area (TPSA) is 86.2 Å². The minimum atomic E-state index is 0.643. The lowest BCUT2D eigenvalue weighted by Gasteiger charge is -2.22. The van der Waals surface area contributed by atoms with Crippen molar-refractivity contribution >= 4 is 0 Å². The van der Waals surface area contributed by atoms with E-state index in [1.165, 1.54) is 0 Å². The van der Waals surface area contributed by atoms with Crippen LogP contribution in [0.4, 0.5) is 0 Å². The molecule has 1 saturated heterocycles. The summed E-state index contributed by atoms with van der Waals surface area (Å²) in [5.41, 5.74) is 11.3. The highest BCUT2D eigenvalue weighted by Gasteiger charge is 2.07. The quantitative estimate of drug-likeness (QED) is 0.658. The van der Waals surface area contributed by atoms with Crippen LogP contribution in [-0.4, -0.2) is 102 Å². The van der Waals surface area contributed by atoms with Crippen molar-refractivity contribution < 1.29 is 14.2 Å². The van der Waals surface area contributed by atoms with Crippen LogP contribution in [0.5, 0.6) is 0 Å². The Bertz CT molecular complexity index is 212. The maximum absolute atomic E-state index is 5.72. The number of hydrogen-bond donors (Lipinski definition) is 2. The van der Waals surface area contributed by atoms with Gasteiger partial charge in [0, 0.05) is 52.4 Å². The van der Waals surface area contributed by atoms with Crippen molar-refractivity contribution in [2.75, 3.05) is 92.0 Å². The Morgan fingerprint density at radius 3 is 1.24 bits per heavy atom. The molecule has 0 amide bonds. The molecule has 1 fully saturated rings. The molecule has 0 aliphatic carbocycles. The van der Waals surface area contributed by atoms with Crippen LogP contribution in [-0.2, 0) is 14.2 Å². The molecule has 1 rings (SSSR count). The minimum absolute atomic E-state index is 0.643. The van der Waals surface area contributed by atoms with Crippen molar-refractivity contribution in [3.63, 3.8) is 0 Å². The number of nitrogens with zero attached hydrogens (tertiary/aromatic N) is 2. The first-order valence-corrected chi connectivity index (χ1v) is 7.95. The molecule has 21 heavy (non-hydrogen) atoms. The van der Waals surface area contributed by atoms with E-state index in [0.29, 0.717) is 39.5 Å². The number of rotatable bonds is 4. The first kappa shape index (κ1) is 18.8. The van der Waals surface area contributed by atoms with Gasteiger partial charge in [0.25, 0.3) is 0 Å². The van der Waals surface area contributed by atoms with Gasteiger partial charge in [-0.15, -0.1) is 0 Å². The molecule has 126 valence electrons. The van der Waals surface area contributed by atoms with Gasteiger partial charge in [0.2, 0.25) is 0 Å². The molecular formula is C14H32N4O3. The normalized spacial score (nSPS) is 22.6. The maximum Gasteiger partial charge on any atom is 0.0701 e. The minimum Gasteiger partial charge on any atom is -0.379 e. The third-order valence-corrected chi connectivity index (χ3v) is 3.47. The van der Waals surface area contributed by atoms with E-state index in [1.54, 1.807) is 0 Å². The number of nitrogens with two attached hydrogens (primary N) is 2. The zero-order valence-electron chi connectivity index (χ0n) is 13.2. The van der Waals surface area contributed by atoms with Gasteiger partial charge in [-0.2, -0.15) is 0 Å². The summed E-state index contributed by atoms with van der Waals surface area (Å²) in [6.07, 6.45) is 0. The fourth-order valence-corrected chi connectivity index (χ4v) is 2.23. The van der Waals surface area contributed by atoms with Gasteiger partial charge in [0.05, 0.1) is 39.6 Å². The van der Waals surface area contributed by atoms with Crippen LogP contribution in [0.1, 0.15) is 0 Å². The van der Waals surface area contributed by atoms with E-state index >= 15 is 0 Å². The van der Waals surface area contributed by atoms with Crippen LogP contribution in [0, 0.1) is 0 Å². The Labute approximate surface area is 128 Å². The van der Waals surface area contributed by atoms with Gasteiger partial charge in [0.1, 0.15) is 0 Å². The van der Waals surface area contributed by atoms with Crippen molar-refractivity contribution in [2.45, 2.75) is 0 Å². The van der Waals surface area contributed by atoms with E-state index in [4.69, 9.17) is 25.7 Å². The van der Waals surface area contributed by atoms with Gasteiger partial charge in [-0.25, -0.2) is 0 Å². The van der Waals surface area contributed by atoms with Gasteiger partial charge in [0.15, 0.2) is 0 Å². The summed E-state index contributed by atoms with van der Waals surface area (Å²) in [6, 6.07) is 0. The van der Waals surface area contributed by atoms with Crippen molar-refractivity contribution in [2.24, 2.45) is 11.5 Å². The second kappa shape index (κ2) is 13.4. The highest BCUT2D eigenvalue weighted by Crippen LogP contribution is 1.93. The van der Waals surface area contributed by atoms with Gasteiger partial charge in [-0.05, 0) is 0 Å². The second-order valence-electron chi connectivity index (χ2n) is 5.10. The van der Waals surface area contributed by atoms with Crippen molar-refractivity contribution in [3.05, 3.63) is 0 Å².